The van der Waals surface area contributed by atoms with E-state index < -0.39 is 75.4 Å². The Labute approximate surface area is 664 Å². The molecule has 33 heteroatoms. The first-order valence-corrected chi connectivity index (χ1v) is 38.3. The van der Waals surface area contributed by atoms with Crippen molar-refractivity contribution in [3.05, 3.63) is 140 Å². The quantitative estimate of drug-likeness (QED) is 0.0208. The van der Waals surface area contributed by atoms with Gasteiger partial charge in [-0.05, 0) is 147 Å². The van der Waals surface area contributed by atoms with Crippen LogP contribution in [0, 0.1) is 35.8 Å². The number of aromatic amines is 4. The first-order valence-electron chi connectivity index (χ1n) is 37.9. The second-order valence-corrected chi connectivity index (χ2v) is 28.7. The summed E-state index contributed by atoms with van der Waals surface area (Å²) < 4.78 is 212. The molecule has 8 aromatic rings. The standard InChI is InChI=1S/C21H26F4N4O2.C21H30F3N3O.C20H28ClF2N3O2.C19H25F4N3O/c1-4-5-7-29(2)13-17-15(12-27-28-17)19-14(11-26)16(21(23,24)25)10-18(20(19)22)31-9-6-8-30-3;1-6-7-8-27(5)12-19-18(11-25-26-19)17-9-16(21(22,23)24)10-20(15(17)4)28-13-14(2)3;1-5-6-7-26(3)13-18-16(12-24-25-18)15-10-14(28-9-8-27-4)11-17(19(15)21)20(2,22)23;1-4-6-7-26(3)12-17-14(11-24-25-17)13-9-15(19(21,22)23)18(10-16(13)20)27-8-5-2/h10,12H,4-9,13H2,1-3H3,(H,27,28);9-11,14H,6-8,12-13H2,1-5H3,(H,25,26);10-12H,5-9,13H2,1-4H3,(H,24,25);9-11H,4-8,12H2,1-3H3,(H,24,25). The van der Waals surface area contributed by atoms with Crippen LogP contribution in [0.4, 0.5) is 57.1 Å². The molecule has 0 aliphatic rings. The summed E-state index contributed by atoms with van der Waals surface area (Å²) >= 11 is 6.39. The molecular weight excluding hydrogens is 1530 g/mol. The molecule has 114 heavy (non-hydrogen) atoms. The Kier molecular flexibility index (Phi) is 39.1. The number of hydrogen-bond donors (Lipinski definition) is 4. The number of ether oxygens (including phenoxy) is 6. The molecule has 0 saturated heterocycles. The van der Waals surface area contributed by atoms with Crippen LogP contribution in [0.2, 0.25) is 5.02 Å². The van der Waals surface area contributed by atoms with Crippen LogP contribution >= 0.6 is 11.6 Å². The van der Waals surface area contributed by atoms with E-state index >= 15 is 4.39 Å². The van der Waals surface area contributed by atoms with Gasteiger partial charge in [0.1, 0.15) is 35.7 Å². The Morgan fingerprint density at radius 3 is 1.35 bits per heavy atom. The van der Waals surface area contributed by atoms with Gasteiger partial charge in [-0.2, -0.15) is 65.2 Å². The smallest absolute Gasteiger partial charge is 0.419 e. The molecule has 4 aromatic heterocycles. The van der Waals surface area contributed by atoms with Crippen molar-refractivity contribution in [2.45, 2.75) is 177 Å². The van der Waals surface area contributed by atoms with Crippen molar-refractivity contribution in [3.8, 4) is 73.6 Å². The third-order valence-corrected chi connectivity index (χ3v) is 18.3. The first kappa shape index (κ1) is 96.1. The van der Waals surface area contributed by atoms with Crippen LogP contribution in [-0.2, 0) is 60.1 Å². The van der Waals surface area contributed by atoms with Crippen molar-refractivity contribution in [1.82, 2.24) is 60.4 Å². The van der Waals surface area contributed by atoms with E-state index in [0.717, 1.165) is 114 Å². The van der Waals surface area contributed by atoms with Crippen molar-refractivity contribution in [1.29, 1.82) is 5.26 Å². The van der Waals surface area contributed by atoms with Crippen molar-refractivity contribution in [2.75, 3.05) is 108 Å². The predicted octanol–water partition coefficient (Wildman–Crippen LogP) is 20.8. The second kappa shape index (κ2) is 46.3. The highest BCUT2D eigenvalue weighted by atomic mass is 35.5. The molecule has 0 saturated carbocycles. The van der Waals surface area contributed by atoms with Crippen LogP contribution < -0.4 is 18.9 Å². The maximum absolute atomic E-state index is 15.4. The van der Waals surface area contributed by atoms with E-state index in [1.165, 1.54) is 37.7 Å². The van der Waals surface area contributed by atoms with E-state index in [1.54, 1.807) is 39.4 Å². The number of H-pyrrole nitrogens is 4. The van der Waals surface area contributed by atoms with Gasteiger partial charge in [-0.3, -0.25) is 20.4 Å². The third kappa shape index (κ3) is 29.1. The fourth-order valence-electron chi connectivity index (χ4n) is 11.8. The summed E-state index contributed by atoms with van der Waals surface area (Å²) in [6, 6.07) is 8.93. The number of nitrogens with one attached hydrogen (secondary N) is 4. The fraction of sp³-hybridized carbons (Fsp3) is 0.543. The van der Waals surface area contributed by atoms with E-state index in [1.807, 2.05) is 58.8 Å². The molecular formula is C81H109ClF13N13O6. The summed E-state index contributed by atoms with van der Waals surface area (Å²) in [7, 11) is 10.8. The van der Waals surface area contributed by atoms with Gasteiger partial charge in [-0.25, -0.2) is 17.6 Å². The minimum atomic E-state index is -4.86. The summed E-state index contributed by atoms with van der Waals surface area (Å²) in [6.45, 7) is 23.4. The summed E-state index contributed by atoms with van der Waals surface area (Å²) in [4.78, 5) is 8.25. The van der Waals surface area contributed by atoms with E-state index in [9.17, 15) is 57.9 Å². The summed E-state index contributed by atoms with van der Waals surface area (Å²) in [5.74, 6) is -5.15. The lowest BCUT2D eigenvalue weighted by Crippen LogP contribution is -2.20. The van der Waals surface area contributed by atoms with Crippen molar-refractivity contribution in [3.63, 3.8) is 0 Å². The van der Waals surface area contributed by atoms with Crippen LogP contribution in [0.5, 0.6) is 23.0 Å². The molecule has 0 atom stereocenters. The number of halogens is 14. The predicted molar refractivity (Wildman–Crippen MR) is 415 cm³/mol. The average molecular weight is 1640 g/mol. The van der Waals surface area contributed by atoms with Gasteiger partial charge in [-0.15, -0.1) is 0 Å². The van der Waals surface area contributed by atoms with Gasteiger partial charge >= 0.3 is 18.5 Å². The highest BCUT2D eigenvalue weighted by Crippen LogP contribution is 2.46. The van der Waals surface area contributed by atoms with Crippen LogP contribution in [0.3, 0.4) is 0 Å². The van der Waals surface area contributed by atoms with Crippen molar-refractivity contribution < 1.29 is 85.5 Å². The number of unbranched alkanes of at least 4 members (excludes halogenated alkanes) is 4. The third-order valence-electron chi connectivity index (χ3n) is 17.9. The van der Waals surface area contributed by atoms with Crippen LogP contribution in [0.15, 0.2) is 67.3 Å². The number of hydrogen-bond acceptors (Lipinski definition) is 15. The minimum absolute atomic E-state index is 0.00505. The molecule has 0 fully saturated rings. The van der Waals surface area contributed by atoms with Gasteiger partial charge in [0.2, 0.25) is 0 Å². The molecule has 4 N–H and O–H groups in total. The Morgan fingerprint density at radius 2 is 0.921 bits per heavy atom. The van der Waals surface area contributed by atoms with Gasteiger partial charge in [0, 0.05) is 111 Å². The normalized spacial score (nSPS) is 12.0. The maximum atomic E-state index is 15.4. The number of nitrogens with zero attached hydrogens (tertiary/aromatic N) is 9. The number of methoxy groups -OCH3 is 2. The molecule has 632 valence electrons. The molecule has 0 bridgehead atoms. The topological polar surface area (TPSA) is 207 Å². The molecule has 19 nitrogen and oxygen atoms in total. The monoisotopic (exact) mass is 1640 g/mol. The number of rotatable bonds is 40. The highest BCUT2D eigenvalue weighted by Gasteiger charge is 2.40. The molecule has 4 heterocycles. The average Bonchev–Trinajstić information content (AvgIpc) is 1.55. The Bertz CT molecular complexity index is 4240. The number of alkyl halides is 11. The van der Waals surface area contributed by atoms with E-state index in [0.29, 0.717) is 115 Å². The molecule has 8 rings (SSSR count). The molecule has 4 aromatic carbocycles. The lowest BCUT2D eigenvalue weighted by molar-refractivity contribution is -0.139. The van der Waals surface area contributed by atoms with E-state index in [-0.39, 0.29) is 53.2 Å². The molecule has 0 aliphatic carbocycles. The first-order chi connectivity index (χ1) is 53.9. The lowest BCUT2D eigenvalue weighted by atomic mass is 9.94. The van der Waals surface area contributed by atoms with E-state index in [2.05, 4.69) is 71.4 Å². The summed E-state index contributed by atoms with van der Waals surface area (Å²) in [5.41, 5.74) is 1.44. The van der Waals surface area contributed by atoms with E-state index in [4.69, 9.17) is 40.0 Å². The van der Waals surface area contributed by atoms with Crippen molar-refractivity contribution in [2.24, 2.45) is 5.92 Å². The van der Waals surface area contributed by atoms with Gasteiger partial charge in [0.15, 0.2) is 11.6 Å². The largest absolute Gasteiger partial charge is 0.493 e. The van der Waals surface area contributed by atoms with Gasteiger partial charge in [-0.1, -0.05) is 85.8 Å². The Balaban J connectivity index is 0.000000272. The molecule has 0 spiro atoms. The highest BCUT2D eigenvalue weighted by molar-refractivity contribution is 6.34. The lowest BCUT2D eigenvalue weighted by Gasteiger charge is -2.19. The summed E-state index contributed by atoms with van der Waals surface area (Å²) in [6.07, 6.45) is 1.00. The molecule has 0 aliphatic heterocycles. The number of aromatic nitrogens is 8. The molecule has 0 radical (unpaired) electrons. The van der Waals surface area contributed by atoms with Crippen LogP contribution in [0.1, 0.15) is 176 Å². The van der Waals surface area contributed by atoms with Gasteiger partial charge in [0.25, 0.3) is 5.92 Å². The zero-order valence-corrected chi connectivity index (χ0v) is 68.4. The summed E-state index contributed by atoms with van der Waals surface area (Å²) in [5, 5.41) is 36.9. The fourth-order valence-corrected chi connectivity index (χ4v) is 12.1. The zero-order chi connectivity index (χ0) is 84.7. The Morgan fingerprint density at radius 1 is 0.465 bits per heavy atom. The number of benzene rings is 4. The SMILES string of the molecule is CCCCN(C)Cc1[nH]ncc1-c1c(F)c(OCCCOC)cc(C(F)(F)F)c1C#N.CCCCN(C)Cc1[nH]ncc1-c1cc(C(F)(F)F)c(OCCC)cc1F.CCCCN(C)Cc1[nH]ncc1-c1cc(C(F)(F)F)cc(OCC(C)C)c1C.CCCCN(C)Cc1[nH]ncc1-c1cc(OCCOC)cc(C(C)(F)F)c1Cl. The zero-order valence-electron chi connectivity index (χ0n) is 67.7. The van der Waals surface area contributed by atoms with Crippen LogP contribution in [-0.4, -0.2) is 169 Å². The van der Waals surface area contributed by atoms with Gasteiger partial charge < -0.3 is 48.0 Å². The van der Waals surface area contributed by atoms with Crippen LogP contribution in [0.25, 0.3) is 44.5 Å². The van der Waals surface area contributed by atoms with Gasteiger partial charge in [0.05, 0.1) is 101 Å². The maximum Gasteiger partial charge on any atom is 0.419 e. The molecule has 0 amide bonds. The number of nitriles is 1. The van der Waals surface area contributed by atoms with Crippen molar-refractivity contribution >= 4 is 11.6 Å². The molecule has 0 unspecified atom stereocenters. The Hall–Kier alpha value is -8.45. The second-order valence-electron chi connectivity index (χ2n) is 28.3. The minimum Gasteiger partial charge on any atom is -0.493 e.